The number of hydrogen-bond acceptors (Lipinski definition) is 3. The topological polar surface area (TPSA) is 41.5 Å². The highest BCUT2D eigenvalue weighted by molar-refractivity contribution is 5.38. The van der Waals surface area contributed by atoms with Crippen molar-refractivity contribution in [1.82, 2.24) is 5.32 Å². The third-order valence-corrected chi connectivity index (χ3v) is 2.46. The molecule has 3 nitrogen and oxygen atoms in total. The van der Waals surface area contributed by atoms with Crippen molar-refractivity contribution in [2.45, 2.75) is 12.1 Å². The van der Waals surface area contributed by atoms with Gasteiger partial charge in [0.2, 0.25) is 0 Å². The lowest BCUT2D eigenvalue weighted by molar-refractivity contribution is 0.0771. The first-order valence-electron chi connectivity index (χ1n) is 4.50. The lowest BCUT2D eigenvalue weighted by atomic mass is 9.99. The molecule has 76 valence electrons. The first kappa shape index (κ1) is 9.43. The summed E-state index contributed by atoms with van der Waals surface area (Å²) in [5, 5.41) is 12.8. The first-order valence-corrected chi connectivity index (χ1v) is 4.50. The molecule has 2 atom stereocenters. The van der Waals surface area contributed by atoms with Crippen molar-refractivity contribution < 1.29 is 14.2 Å². The second-order valence-corrected chi connectivity index (χ2v) is 3.33. The molecular weight excluding hydrogens is 185 g/mol. The molecule has 1 aliphatic heterocycles. The van der Waals surface area contributed by atoms with Crippen LogP contribution in [-0.2, 0) is 0 Å². The van der Waals surface area contributed by atoms with Crippen molar-refractivity contribution in [1.29, 1.82) is 0 Å². The standard InChI is InChI=1S/C10H12FNO2/c1-12-8-5-14-9-4-6(11)2-3-7(9)10(8)13/h2-4,8,10,12-13H,5H2,1H3. The minimum Gasteiger partial charge on any atom is -0.491 e. The Bertz CT molecular complexity index is 343. The number of likely N-dealkylation sites (N-methyl/N-ethyl adjacent to an activating group) is 1. The van der Waals surface area contributed by atoms with Crippen molar-refractivity contribution >= 4 is 0 Å². The molecular formula is C10H12FNO2. The zero-order valence-electron chi connectivity index (χ0n) is 7.83. The summed E-state index contributed by atoms with van der Waals surface area (Å²) in [7, 11) is 1.76. The highest BCUT2D eigenvalue weighted by Gasteiger charge is 2.28. The molecule has 0 saturated heterocycles. The predicted octanol–water partition coefficient (Wildman–Crippen LogP) is 0.839. The fraction of sp³-hybridized carbons (Fsp3) is 0.400. The molecule has 0 aliphatic carbocycles. The van der Waals surface area contributed by atoms with Gasteiger partial charge in [-0.25, -0.2) is 4.39 Å². The maximum absolute atomic E-state index is 12.8. The molecule has 4 heteroatoms. The number of nitrogens with one attached hydrogen (secondary N) is 1. The van der Waals surface area contributed by atoms with Gasteiger partial charge in [-0.05, 0) is 19.2 Å². The van der Waals surface area contributed by atoms with Crippen LogP contribution >= 0.6 is 0 Å². The van der Waals surface area contributed by atoms with E-state index in [-0.39, 0.29) is 11.9 Å². The Kier molecular flexibility index (Phi) is 2.39. The number of aliphatic hydroxyl groups is 1. The molecule has 0 aromatic heterocycles. The zero-order valence-corrected chi connectivity index (χ0v) is 7.83. The number of ether oxygens (including phenoxy) is 1. The molecule has 2 rings (SSSR count). The molecule has 14 heavy (non-hydrogen) atoms. The van der Waals surface area contributed by atoms with Crippen molar-refractivity contribution in [3.05, 3.63) is 29.6 Å². The molecule has 0 amide bonds. The van der Waals surface area contributed by atoms with E-state index in [1.165, 1.54) is 12.1 Å². The highest BCUT2D eigenvalue weighted by atomic mass is 19.1. The monoisotopic (exact) mass is 197 g/mol. The molecule has 1 aromatic rings. The van der Waals surface area contributed by atoms with Gasteiger partial charge in [0.15, 0.2) is 0 Å². The second kappa shape index (κ2) is 3.55. The molecule has 0 bridgehead atoms. The van der Waals surface area contributed by atoms with Crippen LogP contribution in [0.2, 0.25) is 0 Å². The Morgan fingerprint density at radius 2 is 2.36 bits per heavy atom. The van der Waals surface area contributed by atoms with E-state index in [4.69, 9.17) is 4.74 Å². The van der Waals surface area contributed by atoms with Crippen molar-refractivity contribution in [2.24, 2.45) is 0 Å². The fourth-order valence-electron chi connectivity index (χ4n) is 1.61. The average molecular weight is 197 g/mol. The molecule has 1 heterocycles. The van der Waals surface area contributed by atoms with Gasteiger partial charge in [-0.3, -0.25) is 0 Å². The van der Waals surface area contributed by atoms with Crippen LogP contribution in [-0.4, -0.2) is 24.8 Å². The van der Waals surface area contributed by atoms with Crippen molar-refractivity contribution in [3.8, 4) is 5.75 Å². The van der Waals surface area contributed by atoms with Crippen LogP contribution in [0, 0.1) is 5.82 Å². The van der Waals surface area contributed by atoms with E-state index in [2.05, 4.69) is 5.32 Å². The number of hydrogen-bond donors (Lipinski definition) is 2. The van der Waals surface area contributed by atoms with E-state index in [1.807, 2.05) is 0 Å². The smallest absolute Gasteiger partial charge is 0.128 e. The normalized spacial score (nSPS) is 25.4. The summed E-state index contributed by atoms with van der Waals surface area (Å²) >= 11 is 0. The third-order valence-electron chi connectivity index (χ3n) is 2.46. The van der Waals surface area contributed by atoms with Crippen molar-refractivity contribution in [3.63, 3.8) is 0 Å². The first-order chi connectivity index (χ1) is 6.72. The number of aliphatic hydroxyl groups excluding tert-OH is 1. The molecule has 0 saturated carbocycles. The molecule has 0 fully saturated rings. The van der Waals surface area contributed by atoms with E-state index in [0.29, 0.717) is 17.9 Å². The molecule has 0 radical (unpaired) electrons. The molecule has 2 unspecified atom stereocenters. The van der Waals surface area contributed by atoms with Gasteiger partial charge in [-0.2, -0.15) is 0 Å². The van der Waals surface area contributed by atoms with Gasteiger partial charge in [-0.15, -0.1) is 0 Å². The quantitative estimate of drug-likeness (QED) is 0.701. The molecule has 2 N–H and O–H groups in total. The van der Waals surface area contributed by atoms with E-state index >= 15 is 0 Å². The summed E-state index contributed by atoms with van der Waals surface area (Å²) < 4.78 is 18.1. The number of fused-ring (bicyclic) bond motifs is 1. The highest BCUT2D eigenvalue weighted by Crippen LogP contribution is 2.32. The third kappa shape index (κ3) is 1.47. The van der Waals surface area contributed by atoms with E-state index < -0.39 is 6.10 Å². The summed E-state index contributed by atoms with van der Waals surface area (Å²) in [6.07, 6.45) is -0.635. The van der Waals surface area contributed by atoms with E-state index in [9.17, 15) is 9.50 Å². The van der Waals surface area contributed by atoms with Crippen LogP contribution < -0.4 is 10.1 Å². The summed E-state index contributed by atoms with van der Waals surface area (Å²) in [6.45, 7) is 0.355. The maximum Gasteiger partial charge on any atom is 0.128 e. The van der Waals surface area contributed by atoms with Crippen LogP contribution in [0.5, 0.6) is 5.75 Å². The lowest BCUT2D eigenvalue weighted by Gasteiger charge is -2.29. The second-order valence-electron chi connectivity index (χ2n) is 3.33. The van der Waals surface area contributed by atoms with Crippen LogP contribution in [0.25, 0.3) is 0 Å². The van der Waals surface area contributed by atoms with E-state index in [0.717, 1.165) is 0 Å². The number of benzene rings is 1. The van der Waals surface area contributed by atoms with E-state index in [1.54, 1.807) is 13.1 Å². The maximum atomic E-state index is 12.8. The van der Waals surface area contributed by atoms with Crippen LogP contribution in [0.4, 0.5) is 4.39 Å². The number of rotatable bonds is 1. The Hall–Kier alpha value is -1.13. The van der Waals surface area contributed by atoms with Crippen LogP contribution in [0.15, 0.2) is 18.2 Å². The van der Waals surface area contributed by atoms with Crippen LogP contribution in [0.1, 0.15) is 11.7 Å². The average Bonchev–Trinajstić information content (AvgIpc) is 2.18. The minimum atomic E-state index is -0.635. The zero-order chi connectivity index (χ0) is 10.1. The molecule has 1 aliphatic rings. The van der Waals surface area contributed by atoms with Gasteiger partial charge in [0.1, 0.15) is 24.3 Å². The Balaban J connectivity index is 2.36. The van der Waals surface area contributed by atoms with Crippen LogP contribution in [0.3, 0.4) is 0 Å². The summed E-state index contributed by atoms with van der Waals surface area (Å²) in [5.41, 5.74) is 0.636. The Labute approximate surface area is 81.5 Å². The van der Waals surface area contributed by atoms with Crippen molar-refractivity contribution in [2.75, 3.05) is 13.7 Å². The summed E-state index contributed by atoms with van der Waals surface area (Å²) in [6, 6.07) is 4.04. The Morgan fingerprint density at radius 1 is 1.57 bits per heavy atom. The predicted molar refractivity (Wildman–Crippen MR) is 49.7 cm³/mol. The van der Waals surface area contributed by atoms with Gasteiger partial charge in [0.05, 0.1) is 6.04 Å². The van der Waals surface area contributed by atoms with Gasteiger partial charge >= 0.3 is 0 Å². The number of halogens is 1. The van der Waals surface area contributed by atoms with Gasteiger partial charge < -0.3 is 15.2 Å². The summed E-state index contributed by atoms with van der Waals surface area (Å²) in [4.78, 5) is 0. The molecule has 0 spiro atoms. The minimum absolute atomic E-state index is 0.132. The fourth-order valence-corrected chi connectivity index (χ4v) is 1.61. The van der Waals surface area contributed by atoms with Gasteiger partial charge in [0.25, 0.3) is 0 Å². The molecule has 1 aromatic carbocycles. The Morgan fingerprint density at radius 3 is 3.07 bits per heavy atom. The van der Waals surface area contributed by atoms with Gasteiger partial charge in [-0.1, -0.05) is 0 Å². The lowest BCUT2D eigenvalue weighted by Crippen LogP contribution is -2.40. The SMILES string of the molecule is CNC1COc2cc(F)ccc2C1O. The summed E-state index contributed by atoms with van der Waals surface area (Å²) in [5.74, 6) is 0.0860. The largest absolute Gasteiger partial charge is 0.491 e. The van der Waals surface area contributed by atoms with Gasteiger partial charge in [0, 0.05) is 11.6 Å².